The Bertz CT molecular complexity index is 1320. The van der Waals surface area contributed by atoms with E-state index in [1.807, 2.05) is 18.3 Å². The molecule has 0 fully saturated rings. The van der Waals surface area contributed by atoms with E-state index in [1.54, 1.807) is 25.4 Å². The predicted octanol–water partition coefficient (Wildman–Crippen LogP) is 4.42. The van der Waals surface area contributed by atoms with Gasteiger partial charge in [-0.3, -0.25) is 15.2 Å². The van der Waals surface area contributed by atoms with Crippen LogP contribution in [0.5, 0.6) is 0 Å². The van der Waals surface area contributed by atoms with Crippen molar-refractivity contribution in [1.29, 1.82) is 0 Å². The number of H-pyrrole nitrogens is 1. The molecule has 2 N–H and O–H groups in total. The van der Waals surface area contributed by atoms with Gasteiger partial charge in [0, 0.05) is 55.4 Å². The van der Waals surface area contributed by atoms with Crippen LogP contribution in [0.25, 0.3) is 33.5 Å². The Morgan fingerprint density at radius 3 is 2.54 bits per heavy atom. The highest BCUT2D eigenvalue weighted by Crippen LogP contribution is 2.32. The van der Waals surface area contributed by atoms with Crippen molar-refractivity contribution in [1.82, 2.24) is 34.7 Å². The third-order valence-corrected chi connectivity index (χ3v) is 6.20. The first-order valence-electron chi connectivity index (χ1n) is 12.4. The van der Waals surface area contributed by atoms with Gasteiger partial charge in [0.2, 0.25) is 5.95 Å². The number of nitrogens with one attached hydrogen (secondary N) is 2. The Morgan fingerprint density at radius 2 is 1.86 bits per heavy atom. The van der Waals surface area contributed by atoms with Gasteiger partial charge in [-0.1, -0.05) is 6.07 Å². The minimum atomic E-state index is -0.570. The number of likely N-dealkylation sites (N-methyl/N-ethyl adjacent to an activating group) is 2. The molecular weight excluding hydrogens is 468 g/mol. The highest BCUT2D eigenvalue weighted by atomic mass is 16.5. The summed E-state index contributed by atoms with van der Waals surface area (Å²) in [4.78, 5) is 37.8. The second kappa shape index (κ2) is 11.9. The lowest BCUT2D eigenvalue weighted by Crippen LogP contribution is -2.34. The van der Waals surface area contributed by atoms with E-state index in [9.17, 15) is 4.79 Å². The average Bonchev–Trinajstić information content (AvgIpc) is 3.29. The highest BCUT2D eigenvalue weighted by Gasteiger charge is 2.16. The molecule has 0 atom stereocenters. The van der Waals surface area contributed by atoms with Crippen LogP contribution in [0.3, 0.4) is 0 Å². The lowest BCUT2D eigenvalue weighted by molar-refractivity contribution is 0.167. The largest absolute Gasteiger partial charge is 0.450 e. The van der Waals surface area contributed by atoms with Crippen molar-refractivity contribution in [3.05, 3.63) is 54.6 Å². The molecule has 194 valence electrons. The second-order valence-corrected chi connectivity index (χ2v) is 9.27. The first-order chi connectivity index (χ1) is 17.8. The molecule has 0 saturated heterocycles. The molecular formula is C27H34N8O2. The van der Waals surface area contributed by atoms with Crippen molar-refractivity contribution in [3.8, 4) is 22.5 Å². The summed E-state index contributed by atoms with van der Waals surface area (Å²) in [5.74, 6) is 0.848. The van der Waals surface area contributed by atoms with Crippen LogP contribution in [0.15, 0.2) is 48.9 Å². The minimum Gasteiger partial charge on any atom is -0.450 e. The monoisotopic (exact) mass is 502 g/mol. The second-order valence-electron chi connectivity index (χ2n) is 9.27. The smallest absolute Gasteiger partial charge is 0.413 e. The zero-order valence-corrected chi connectivity index (χ0v) is 22.0. The molecule has 37 heavy (non-hydrogen) atoms. The Labute approximate surface area is 217 Å². The highest BCUT2D eigenvalue weighted by molar-refractivity contribution is 5.96. The van der Waals surface area contributed by atoms with E-state index in [1.165, 1.54) is 0 Å². The average molecular weight is 503 g/mol. The Hall–Kier alpha value is -3.89. The summed E-state index contributed by atoms with van der Waals surface area (Å²) >= 11 is 0. The number of fused-ring (bicyclic) bond motifs is 1. The molecule has 0 aliphatic rings. The molecule has 0 saturated carbocycles. The van der Waals surface area contributed by atoms with Gasteiger partial charge in [-0.15, -0.1) is 0 Å². The van der Waals surface area contributed by atoms with Gasteiger partial charge in [0.25, 0.3) is 0 Å². The topological polar surface area (TPSA) is 112 Å². The van der Waals surface area contributed by atoms with Crippen molar-refractivity contribution in [3.63, 3.8) is 0 Å². The maximum Gasteiger partial charge on any atom is 0.413 e. The van der Waals surface area contributed by atoms with Crippen LogP contribution < -0.4 is 5.32 Å². The molecule has 0 radical (unpaired) electrons. The molecule has 3 aromatic heterocycles. The maximum atomic E-state index is 11.9. The number of rotatable bonds is 10. The summed E-state index contributed by atoms with van der Waals surface area (Å²) in [6.45, 7) is 9.17. The van der Waals surface area contributed by atoms with Crippen LogP contribution in [0.4, 0.5) is 10.7 Å². The van der Waals surface area contributed by atoms with Crippen molar-refractivity contribution in [2.24, 2.45) is 0 Å². The van der Waals surface area contributed by atoms with E-state index >= 15 is 0 Å². The van der Waals surface area contributed by atoms with Gasteiger partial charge in [-0.05, 0) is 64.7 Å². The quantitative estimate of drug-likeness (QED) is 0.328. The van der Waals surface area contributed by atoms with Crippen molar-refractivity contribution in [2.45, 2.75) is 33.4 Å². The number of anilines is 1. The molecule has 0 unspecified atom stereocenters. The number of nitrogens with zero attached hydrogens (tertiary/aromatic N) is 6. The molecule has 4 rings (SSSR count). The van der Waals surface area contributed by atoms with Crippen LogP contribution in [-0.4, -0.2) is 80.6 Å². The van der Waals surface area contributed by atoms with Crippen LogP contribution in [-0.2, 0) is 11.3 Å². The number of aromatic amines is 1. The van der Waals surface area contributed by atoms with E-state index < -0.39 is 6.09 Å². The van der Waals surface area contributed by atoms with Gasteiger partial charge in [0.05, 0.1) is 23.3 Å². The number of amides is 1. The molecule has 0 aliphatic heterocycles. The number of imidazole rings is 1. The fraction of sp³-hybridized carbons (Fsp3) is 0.370. The van der Waals surface area contributed by atoms with Crippen molar-refractivity contribution in [2.75, 3.05) is 39.1 Å². The third-order valence-electron chi connectivity index (χ3n) is 6.20. The van der Waals surface area contributed by atoms with Gasteiger partial charge in [0.1, 0.15) is 0 Å². The summed E-state index contributed by atoms with van der Waals surface area (Å²) in [5, 5.41) is 2.63. The number of hydrogen-bond acceptors (Lipinski definition) is 8. The fourth-order valence-corrected chi connectivity index (χ4v) is 3.85. The Balaban J connectivity index is 1.59. The number of carbonyl (C=O) groups excluding carboxylic acids is 1. The summed E-state index contributed by atoms with van der Waals surface area (Å²) in [7, 11) is 4.26. The number of ether oxygens (including phenoxy) is 1. The molecule has 0 bridgehead atoms. The van der Waals surface area contributed by atoms with Crippen LogP contribution >= 0.6 is 0 Å². The van der Waals surface area contributed by atoms with E-state index in [-0.39, 0.29) is 6.61 Å². The maximum absolute atomic E-state index is 11.9. The molecule has 3 heterocycles. The molecule has 10 heteroatoms. The van der Waals surface area contributed by atoms with Crippen LogP contribution in [0.2, 0.25) is 0 Å². The number of hydrogen-bond donors (Lipinski definition) is 2. The molecule has 0 aliphatic carbocycles. The number of carbonyl (C=O) groups is 1. The van der Waals surface area contributed by atoms with Crippen molar-refractivity contribution >= 4 is 23.1 Å². The van der Waals surface area contributed by atoms with Gasteiger partial charge in [0.15, 0.2) is 5.82 Å². The fourth-order valence-electron chi connectivity index (χ4n) is 3.85. The van der Waals surface area contributed by atoms with Crippen molar-refractivity contribution < 1.29 is 9.53 Å². The van der Waals surface area contributed by atoms with Gasteiger partial charge < -0.3 is 14.6 Å². The number of aromatic nitrogens is 5. The van der Waals surface area contributed by atoms with E-state index in [2.05, 4.69) is 75.1 Å². The van der Waals surface area contributed by atoms with Gasteiger partial charge >= 0.3 is 6.09 Å². The Morgan fingerprint density at radius 1 is 1.08 bits per heavy atom. The van der Waals surface area contributed by atoms with E-state index in [0.29, 0.717) is 23.3 Å². The zero-order chi connectivity index (χ0) is 26.4. The predicted molar refractivity (Wildman–Crippen MR) is 145 cm³/mol. The number of pyridine rings is 1. The van der Waals surface area contributed by atoms with Gasteiger partial charge in [-0.25, -0.2) is 19.7 Å². The summed E-state index contributed by atoms with van der Waals surface area (Å²) in [6.07, 6.45) is 4.70. The molecule has 1 amide bonds. The first-order valence-corrected chi connectivity index (χ1v) is 12.4. The summed E-state index contributed by atoms with van der Waals surface area (Å²) in [6, 6.07) is 10.4. The lowest BCUT2D eigenvalue weighted by atomic mass is 10.0. The van der Waals surface area contributed by atoms with E-state index in [0.717, 1.165) is 47.5 Å². The minimum absolute atomic E-state index is 0.271. The molecule has 10 nitrogen and oxygen atoms in total. The lowest BCUT2D eigenvalue weighted by Gasteiger charge is -2.24. The van der Waals surface area contributed by atoms with Crippen LogP contribution in [0.1, 0.15) is 26.5 Å². The third kappa shape index (κ3) is 6.66. The zero-order valence-electron chi connectivity index (χ0n) is 22.0. The molecule has 1 aromatic carbocycles. The van der Waals surface area contributed by atoms with Crippen LogP contribution in [0, 0.1) is 0 Å². The first kappa shape index (κ1) is 26.2. The molecule has 0 spiro atoms. The summed E-state index contributed by atoms with van der Waals surface area (Å²) in [5.41, 5.74) is 5.05. The van der Waals surface area contributed by atoms with Gasteiger partial charge in [-0.2, -0.15) is 0 Å². The normalized spacial score (nSPS) is 11.6. The molecule has 4 aromatic rings. The Kier molecular flexibility index (Phi) is 8.42. The number of benzene rings is 1. The summed E-state index contributed by atoms with van der Waals surface area (Å²) < 4.78 is 4.98. The standard InChI is InChI=1S/C27H34N8O2/c1-6-37-27(36)33-26-31-23-15-20(14-22(24(23)32-26)25-28-10-7-11-29-25)19-8-9-21(30-16-19)17-34(4)12-13-35(5)18(2)3/h7-11,14-16,18H,6,12-13,17H2,1-5H3,(H2,31,32,33,36). The SMILES string of the molecule is CCOC(=O)Nc1nc2cc(-c3ccc(CN(C)CCN(C)C(C)C)nc3)cc(-c3ncccn3)c2[nH]1. The van der Waals surface area contributed by atoms with E-state index in [4.69, 9.17) is 9.72 Å².